The zero-order valence-corrected chi connectivity index (χ0v) is 18.5. The van der Waals surface area contributed by atoms with Crippen molar-refractivity contribution < 1.29 is 47.5 Å². The molecule has 1 saturated heterocycles. The van der Waals surface area contributed by atoms with Crippen LogP contribution in [0.25, 0.3) is 4.72 Å². The van der Waals surface area contributed by atoms with Crippen molar-refractivity contribution in [1.82, 2.24) is 4.98 Å². The SMILES string of the molecule is Cc1ccc(C(=O)[N-]S(=O)(=O)c2ccc(N3CCOCC3)nc2)c(C)c1.[Na+]. The predicted octanol–water partition coefficient (Wildman–Crippen LogP) is -0.558. The summed E-state index contributed by atoms with van der Waals surface area (Å²) in [4.78, 5) is 18.4. The van der Waals surface area contributed by atoms with Crippen LogP contribution in [0.15, 0.2) is 41.4 Å². The van der Waals surface area contributed by atoms with Crippen LogP contribution in [0.5, 0.6) is 0 Å². The van der Waals surface area contributed by atoms with Crippen LogP contribution in [0.2, 0.25) is 0 Å². The first kappa shape index (κ1) is 21.8. The molecule has 1 amide bonds. The molecule has 2 heterocycles. The molecule has 27 heavy (non-hydrogen) atoms. The van der Waals surface area contributed by atoms with Crippen molar-refractivity contribution in [3.8, 4) is 0 Å². The van der Waals surface area contributed by atoms with E-state index in [9.17, 15) is 13.2 Å². The summed E-state index contributed by atoms with van der Waals surface area (Å²) >= 11 is 0. The molecule has 0 atom stereocenters. The van der Waals surface area contributed by atoms with Gasteiger partial charge in [0.15, 0.2) is 0 Å². The second-order valence-electron chi connectivity index (χ2n) is 6.14. The molecule has 0 saturated carbocycles. The smallest absolute Gasteiger partial charge is 0.537 e. The van der Waals surface area contributed by atoms with Gasteiger partial charge in [-0.05, 0) is 31.5 Å². The van der Waals surface area contributed by atoms with Gasteiger partial charge in [-0.25, -0.2) is 13.4 Å². The van der Waals surface area contributed by atoms with Crippen LogP contribution < -0.4 is 34.5 Å². The standard InChI is InChI=1S/C18H21N3O4S.Na/c1-13-3-5-16(14(2)11-13)18(22)20-26(23,24)15-4-6-17(19-12-15)21-7-9-25-10-8-21;/h3-6,11-12H,7-10H2,1-2H3,(H,20,22);/q;+1/p-1. The third kappa shape index (κ3) is 5.30. The van der Waals surface area contributed by atoms with Crippen molar-refractivity contribution in [3.05, 3.63) is 57.9 Å². The summed E-state index contributed by atoms with van der Waals surface area (Å²) in [5.41, 5.74) is 1.96. The molecule has 0 bridgehead atoms. The van der Waals surface area contributed by atoms with Crippen molar-refractivity contribution in [3.63, 3.8) is 0 Å². The van der Waals surface area contributed by atoms with Crippen LogP contribution in [0.1, 0.15) is 21.5 Å². The van der Waals surface area contributed by atoms with E-state index in [0.717, 1.165) is 5.56 Å². The Labute approximate surface area is 181 Å². The minimum atomic E-state index is -4.11. The number of carbonyl (C=O) groups is 1. The van der Waals surface area contributed by atoms with E-state index in [0.29, 0.717) is 37.7 Å². The number of aryl methyl sites for hydroxylation is 2. The van der Waals surface area contributed by atoms with Gasteiger partial charge >= 0.3 is 29.6 Å². The number of pyridine rings is 1. The summed E-state index contributed by atoms with van der Waals surface area (Å²) in [6.07, 6.45) is 1.24. The number of hydrogen-bond acceptors (Lipinski definition) is 6. The normalized spacial score (nSPS) is 14.4. The summed E-state index contributed by atoms with van der Waals surface area (Å²) in [6.45, 7) is 6.28. The first-order valence-corrected chi connectivity index (χ1v) is 9.69. The first-order valence-electron chi connectivity index (χ1n) is 8.25. The number of sulfonamides is 1. The Balaban J connectivity index is 0.00000261. The number of benzene rings is 1. The monoisotopic (exact) mass is 397 g/mol. The van der Waals surface area contributed by atoms with Crippen LogP contribution in [0.3, 0.4) is 0 Å². The summed E-state index contributed by atoms with van der Waals surface area (Å²) < 4.78 is 33.6. The second-order valence-corrected chi connectivity index (χ2v) is 7.75. The van der Waals surface area contributed by atoms with Gasteiger partial charge in [0.25, 0.3) is 0 Å². The van der Waals surface area contributed by atoms with Gasteiger partial charge < -0.3 is 19.2 Å². The maximum atomic E-state index is 12.4. The number of hydrogen-bond donors (Lipinski definition) is 0. The molecule has 0 aliphatic carbocycles. The largest absolute Gasteiger partial charge is 1.00 e. The molecule has 1 aliphatic heterocycles. The van der Waals surface area contributed by atoms with E-state index >= 15 is 0 Å². The number of carbonyl (C=O) groups excluding carboxylic acids is 1. The first-order chi connectivity index (χ1) is 12.4. The summed E-state index contributed by atoms with van der Waals surface area (Å²) in [5.74, 6) is -0.104. The Bertz CT molecular complexity index is 911. The number of ether oxygens (including phenoxy) is 1. The van der Waals surface area contributed by atoms with Crippen LogP contribution in [-0.4, -0.2) is 45.6 Å². The van der Waals surface area contributed by atoms with Crippen LogP contribution in [0, 0.1) is 13.8 Å². The number of aromatic nitrogens is 1. The van der Waals surface area contributed by atoms with Crippen molar-refractivity contribution in [2.24, 2.45) is 0 Å². The molecule has 7 nitrogen and oxygen atoms in total. The van der Waals surface area contributed by atoms with Gasteiger partial charge in [-0.2, -0.15) is 0 Å². The summed E-state index contributed by atoms with van der Waals surface area (Å²) in [5, 5.41) is 0. The average Bonchev–Trinajstić information content (AvgIpc) is 2.62. The van der Waals surface area contributed by atoms with Crippen LogP contribution in [-0.2, 0) is 14.8 Å². The van der Waals surface area contributed by atoms with E-state index in [2.05, 4.69) is 9.71 Å². The molecule has 0 radical (unpaired) electrons. The molecular weight excluding hydrogens is 377 g/mol. The second kappa shape index (κ2) is 9.16. The number of nitrogens with zero attached hydrogens (tertiary/aromatic N) is 3. The fraction of sp³-hybridized carbons (Fsp3) is 0.333. The van der Waals surface area contributed by atoms with E-state index in [1.807, 2.05) is 17.9 Å². The molecule has 0 N–H and O–H groups in total. The number of rotatable bonds is 4. The zero-order chi connectivity index (χ0) is 18.7. The average molecular weight is 397 g/mol. The van der Waals surface area contributed by atoms with Crippen molar-refractivity contribution in [2.45, 2.75) is 18.7 Å². The van der Waals surface area contributed by atoms with E-state index < -0.39 is 15.9 Å². The van der Waals surface area contributed by atoms with Gasteiger partial charge in [0.1, 0.15) is 15.8 Å². The van der Waals surface area contributed by atoms with E-state index in [1.165, 1.54) is 12.3 Å². The van der Waals surface area contributed by atoms with E-state index in [1.54, 1.807) is 25.1 Å². The third-order valence-corrected chi connectivity index (χ3v) is 5.41. The topological polar surface area (TPSA) is 90.7 Å². The Kier molecular flexibility index (Phi) is 7.41. The van der Waals surface area contributed by atoms with Crippen molar-refractivity contribution in [2.75, 3.05) is 31.2 Å². The van der Waals surface area contributed by atoms with Gasteiger partial charge in [0.2, 0.25) is 0 Å². The van der Waals surface area contributed by atoms with E-state index in [-0.39, 0.29) is 40.0 Å². The Morgan fingerprint density at radius 2 is 1.85 bits per heavy atom. The Morgan fingerprint density at radius 1 is 1.15 bits per heavy atom. The maximum Gasteiger partial charge on any atom is 1.00 e. The summed E-state index contributed by atoms with van der Waals surface area (Å²) in [7, 11) is -4.11. The van der Waals surface area contributed by atoms with Crippen LogP contribution >= 0.6 is 0 Å². The molecule has 138 valence electrons. The Hall–Kier alpha value is -1.45. The zero-order valence-electron chi connectivity index (χ0n) is 15.7. The number of amides is 1. The fourth-order valence-electron chi connectivity index (χ4n) is 2.77. The van der Waals surface area contributed by atoms with Crippen molar-refractivity contribution >= 4 is 21.7 Å². The molecule has 0 unspecified atom stereocenters. The third-order valence-electron chi connectivity index (χ3n) is 4.17. The minimum absolute atomic E-state index is 0. The van der Waals surface area contributed by atoms with Gasteiger partial charge in [0, 0.05) is 24.8 Å². The van der Waals surface area contributed by atoms with Gasteiger partial charge in [-0.15, -0.1) is 0 Å². The fourth-order valence-corrected chi connectivity index (χ4v) is 3.62. The van der Waals surface area contributed by atoms with Gasteiger partial charge in [-0.3, -0.25) is 0 Å². The molecule has 1 aliphatic rings. The van der Waals surface area contributed by atoms with Gasteiger partial charge in [-0.1, -0.05) is 23.8 Å². The number of morpholine rings is 1. The minimum Gasteiger partial charge on any atom is -0.537 e. The molecular formula is C18H20N3NaO4S. The van der Waals surface area contributed by atoms with Crippen molar-refractivity contribution in [1.29, 1.82) is 0 Å². The van der Waals surface area contributed by atoms with Gasteiger partial charge in [0.05, 0.1) is 24.0 Å². The van der Waals surface area contributed by atoms with E-state index in [4.69, 9.17) is 4.74 Å². The summed E-state index contributed by atoms with van der Waals surface area (Å²) in [6, 6.07) is 8.20. The maximum absolute atomic E-state index is 12.4. The number of anilines is 1. The molecule has 0 spiro atoms. The molecule has 3 rings (SSSR count). The Morgan fingerprint density at radius 3 is 2.44 bits per heavy atom. The molecule has 2 aromatic rings. The predicted molar refractivity (Wildman–Crippen MR) is 98.1 cm³/mol. The molecule has 1 aromatic heterocycles. The molecule has 9 heteroatoms. The quantitative estimate of drug-likeness (QED) is 0.643. The molecule has 1 fully saturated rings. The molecule has 1 aromatic carbocycles. The van der Waals surface area contributed by atoms with Crippen LogP contribution in [0.4, 0.5) is 5.82 Å².